The lowest BCUT2D eigenvalue weighted by Crippen LogP contribution is -2.23. The van der Waals surface area contributed by atoms with E-state index in [9.17, 15) is 9.59 Å². The van der Waals surface area contributed by atoms with Crippen molar-refractivity contribution in [1.82, 2.24) is 4.90 Å². The summed E-state index contributed by atoms with van der Waals surface area (Å²) >= 11 is 6.12. The fourth-order valence-electron chi connectivity index (χ4n) is 2.07. The first-order valence-corrected chi connectivity index (χ1v) is 7.86. The minimum Gasteiger partial charge on any atom is -0.375 e. The van der Waals surface area contributed by atoms with E-state index in [1.165, 1.54) is 4.90 Å². The number of carbonyl (C=O) groups is 2. The smallest absolute Gasteiger partial charge is 0.253 e. The summed E-state index contributed by atoms with van der Waals surface area (Å²) in [5, 5.41) is 6.21. The van der Waals surface area contributed by atoms with Crippen molar-refractivity contribution < 1.29 is 9.59 Å². The molecule has 0 unspecified atom stereocenters. The van der Waals surface area contributed by atoms with Crippen LogP contribution in [0.5, 0.6) is 0 Å². The lowest BCUT2D eigenvalue weighted by molar-refractivity contribution is -0.114. The van der Waals surface area contributed by atoms with Crippen LogP contribution in [0.3, 0.4) is 0 Å². The zero-order chi connectivity index (χ0) is 17.7. The monoisotopic (exact) mass is 345 g/mol. The Kier molecular flexibility index (Phi) is 5.82. The predicted octanol–water partition coefficient (Wildman–Crippen LogP) is 3.40. The number of amides is 2. The summed E-state index contributed by atoms with van der Waals surface area (Å²) in [6.07, 6.45) is 0. The predicted molar refractivity (Wildman–Crippen MR) is 97.8 cm³/mol. The number of aryl methyl sites for hydroxylation is 1. The van der Waals surface area contributed by atoms with Crippen LogP contribution in [0, 0.1) is 6.92 Å². The van der Waals surface area contributed by atoms with E-state index in [0.29, 0.717) is 16.3 Å². The highest BCUT2D eigenvalue weighted by Gasteiger charge is 2.11. The molecule has 6 heteroatoms. The molecule has 0 fully saturated rings. The van der Waals surface area contributed by atoms with Crippen LogP contribution in [0.1, 0.15) is 15.9 Å². The Bertz CT molecular complexity index is 742. The van der Waals surface area contributed by atoms with Gasteiger partial charge in [-0.15, -0.1) is 0 Å². The minimum atomic E-state index is -0.195. The zero-order valence-corrected chi connectivity index (χ0v) is 14.6. The van der Waals surface area contributed by atoms with Crippen LogP contribution in [-0.4, -0.2) is 37.4 Å². The lowest BCUT2D eigenvalue weighted by atomic mass is 10.2. The molecule has 5 nitrogen and oxygen atoms in total. The van der Waals surface area contributed by atoms with Gasteiger partial charge in [0.1, 0.15) is 0 Å². The van der Waals surface area contributed by atoms with E-state index in [-0.39, 0.29) is 18.4 Å². The Morgan fingerprint density at radius 3 is 2.38 bits per heavy atom. The van der Waals surface area contributed by atoms with Gasteiger partial charge in [-0.25, -0.2) is 0 Å². The van der Waals surface area contributed by atoms with E-state index in [1.54, 1.807) is 32.3 Å². The number of rotatable bonds is 5. The first kappa shape index (κ1) is 17.8. The number of carbonyl (C=O) groups excluding carboxylic acids is 2. The number of nitrogens with zero attached hydrogens (tertiary/aromatic N) is 1. The molecule has 0 atom stereocenters. The Morgan fingerprint density at radius 1 is 1.08 bits per heavy atom. The summed E-state index contributed by atoms with van der Waals surface area (Å²) in [6, 6.07) is 12.5. The molecular weight excluding hydrogens is 326 g/mol. The lowest BCUT2D eigenvalue weighted by Gasteiger charge is -2.13. The van der Waals surface area contributed by atoms with Gasteiger partial charge < -0.3 is 15.5 Å². The molecule has 0 aliphatic carbocycles. The molecule has 0 saturated carbocycles. The van der Waals surface area contributed by atoms with Gasteiger partial charge in [-0.05, 0) is 37.3 Å². The first-order chi connectivity index (χ1) is 11.4. The second-order valence-corrected chi connectivity index (χ2v) is 6.07. The molecule has 0 aliphatic rings. The molecule has 2 aromatic carbocycles. The second-order valence-electron chi connectivity index (χ2n) is 5.66. The van der Waals surface area contributed by atoms with Gasteiger partial charge in [0.2, 0.25) is 5.91 Å². The van der Waals surface area contributed by atoms with Crippen LogP contribution < -0.4 is 10.6 Å². The average Bonchev–Trinajstić information content (AvgIpc) is 2.55. The number of nitrogens with one attached hydrogen (secondary N) is 2. The van der Waals surface area contributed by atoms with Crippen molar-refractivity contribution in [1.29, 1.82) is 0 Å². The van der Waals surface area contributed by atoms with E-state index in [2.05, 4.69) is 10.6 Å². The van der Waals surface area contributed by atoms with Crippen LogP contribution >= 0.6 is 11.6 Å². The van der Waals surface area contributed by atoms with Crippen molar-refractivity contribution >= 4 is 34.8 Å². The molecule has 0 bridgehead atoms. The largest absolute Gasteiger partial charge is 0.375 e. The summed E-state index contributed by atoms with van der Waals surface area (Å²) < 4.78 is 0. The van der Waals surface area contributed by atoms with Crippen molar-refractivity contribution in [3.8, 4) is 0 Å². The van der Waals surface area contributed by atoms with E-state index in [1.807, 2.05) is 31.2 Å². The van der Waals surface area contributed by atoms with Gasteiger partial charge >= 0.3 is 0 Å². The third kappa shape index (κ3) is 4.73. The van der Waals surface area contributed by atoms with E-state index >= 15 is 0 Å². The molecule has 0 aromatic heterocycles. The van der Waals surface area contributed by atoms with Crippen LogP contribution in [-0.2, 0) is 4.79 Å². The molecule has 2 amide bonds. The van der Waals surface area contributed by atoms with Crippen molar-refractivity contribution in [3.05, 3.63) is 58.6 Å². The first-order valence-electron chi connectivity index (χ1n) is 7.48. The average molecular weight is 346 g/mol. The highest BCUT2D eigenvalue weighted by molar-refractivity contribution is 6.33. The van der Waals surface area contributed by atoms with Gasteiger partial charge in [-0.1, -0.05) is 29.3 Å². The molecule has 2 aromatic rings. The van der Waals surface area contributed by atoms with E-state index in [4.69, 9.17) is 11.6 Å². The standard InChI is InChI=1S/C18H20ClN3O2/c1-12-4-7-14(8-5-12)21-17(23)11-20-16-10-13(6-9-15(16)19)18(24)22(2)3/h4-10,20H,11H2,1-3H3,(H,21,23). The Balaban J connectivity index is 2.00. The summed E-state index contributed by atoms with van der Waals surface area (Å²) in [5.41, 5.74) is 2.91. The Labute approximate surface area is 146 Å². The van der Waals surface area contributed by atoms with Crippen molar-refractivity contribution in [2.45, 2.75) is 6.92 Å². The zero-order valence-electron chi connectivity index (χ0n) is 13.9. The molecule has 126 valence electrons. The maximum atomic E-state index is 12.0. The minimum absolute atomic E-state index is 0.0488. The summed E-state index contributed by atoms with van der Waals surface area (Å²) in [6.45, 7) is 2.03. The summed E-state index contributed by atoms with van der Waals surface area (Å²) in [5.74, 6) is -0.321. The maximum Gasteiger partial charge on any atom is 0.253 e. The number of halogens is 1. The highest BCUT2D eigenvalue weighted by Crippen LogP contribution is 2.23. The molecule has 0 radical (unpaired) electrons. The molecule has 24 heavy (non-hydrogen) atoms. The van der Waals surface area contributed by atoms with Crippen molar-refractivity contribution in [3.63, 3.8) is 0 Å². The fraction of sp³-hybridized carbons (Fsp3) is 0.222. The van der Waals surface area contributed by atoms with E-state index in [0.717, 1.165) is 11.3 Å². The molecular formula is C18H20ClN3O2. The quantitative estimate of drug-likeness (QED) is 0.873. The number of anilines is 2. The van der Waals surface area contributed by atoms with Crippen LogP contribution in [0.4, 0.5) is 11.4 Å². The third-order valence-electron chi connectivity index (χ3n) is 3.39. The normalized spacial score (nSPS) is 10.2. The van der Waals surface area contributed by atoms with Crippen LogP contribution in [0.25, 0.3) is 0 Å². The SMILES string of the molecule is Cc1ccc(NC(=O)CNc2cc(C(=O)N(C)C)ccc2Cl)cc1. The Morgan fingerprint density at radius 2 is 1.75 bits per heavy atom. The van der Waals surface area contributed by atoms with Gasteiger partial charge in [0.15, 0.2) is 0 Å². The third-order valence-corrected chi connectivity index (χ3v) is 3.72. The summed E-state index contributed by atoms with van der Waals surface area (Å²) in [4.78, 5) is 25.5. The number of benzene rings is 2. The van der Waals surface area contributed by atoms with Crippen LogP contribution in [0.15, 0.2) is 42.5 Å². The van der Waals surface area contributed by atoms with Gasteiger partial charge in [0.05, 0.1) is 17.3 Å². The fourth-order valence-corrected chi connectivity index (χ4v) is 2.25. The molecule has 0 heterocycles. The van der Waals surface area contributed by atoms with Gasteiger partial charge in [0, 0.05) is 25.3 Å². The number of hydrogen-bond acceptors (Lipinski definition) is 3. The maximum absolute atomic E-state index is 12.0. The molecule has 2 N–H and O–H groups in total. The second kappa shape index (κ2) is 7.84. The topological polar surface area (TPSA) is 61.4 Å². The Hall–Kier alpha value is -2.53. The van der Waals surface area contributed by atoms with Crippen molar-refractivity contribution in [2.75, 3.05) is 31.3 Å². The van der Waals surface area contributed by atoms with Crippen molar-refractivity contribution in [2.24, 2.45) is 0 Å². The summed E-state index contributed by atoms with van der Waals surface area (Å²) in [7, 11) is 3.36. The molecule has 0 spiro atoms. The van der Waals surface area contributed by atoms with Gasteiger partial charge in [0.25, 0.3) is 5.91 Å². The van der Waals surface area contributed by atoms with Crippen LogP contribution in [0.2, 0.25) is 5.02 Å². The molecule has 0 aliphatic heterocycles. The number of hydrogen-bond donors (Lipinski definition) is 2. The molecule has 0 saturated heterocycles. The molecule has 2 rings (SSSR count). The van der Waals surface area contributed by atoms with Gasteiger partial charge in [-0.3, -0.25) is 9.59 Å². The van der Waals surface area contributed by atoms with E-state index < -0.39 is 0 Å². The highest BCUT2D eigenvalue weighted by atomic mass is 35.5. The van der Waals surface area contributed by atoms with Gasteiger partial charge in [-0.2, -0.15) is 0 Å².